The van der Waals surface area contributed by atoms with Crippen LogP contribution in [0.2, 0.25) is 0 Å². The molecule has 0 aliphatic heterocycles. The lowest BCUT2D eigenvalue weighted by Crippen LogP contribution is -2.16. The van der Waals surface area contributed by atoms with Gasteiger partial charge >= 0.3 is 11.9 Å². The van der Waals surface area contributed by atoms with Gasteiger partial charge in [0.05, 0.1) is 5.69 Å². The molecular formula is C23H23NO4. The second-order valence-corrected chi connectivity index (χ2v) is 6.86. The normalized spacial score (nSPS) is 17.2. The van der Waals surface area contributed by atoms with E-state index < -0.39 is 0 Å². The third-order valence-corrected chi connectivity index (χ3v) is 4.58. The summed E-state index contributed by atoms with van der Waals surface area (Å²) in [5.41, 5.74) is 3.17. The van der Waals surface area contributed by atoms with Crippen LogP contribution in [0.25, 0.3) is 0 Å². The molecule has 1 aromatic heterocycles. The fraction of sp³-hybridized carbons (Fsp3) is 0.261. The Hall–Kier alpha value is -3.21. The Morgan fingerprint density at radius 3 is 2.29 bits per heavy atom. The zero-order valence-corrected chi connectivity index (χ0v) is 16.2. The Labute approximate surface area is 164 Å². The number of allylic oxidation sites excluding steroid dienone is 4. The van der Waals surface area contributed by atoms with Gasteiger partial charge in [0.1, 0.15) is 11.5 Å². The van der Waals surface area contributed by atoms with Crippen molar-refractivity contribution < 1.29 is 19.1 Å². The highest BCUT2D eigenvalue weighted by Crippen LogP contribution is 2.38. The van der Waals surface area contributed by atoms with E-state index in [1.807, 2.05) is 49.4 Å². The van der Waals surface area contributed by atoms with Crippen molar-refractivity contribution in [2.75, 3.05) is 0 Å². The summed E-state index contributed by atoms with van der Waals surface area (Å²) in [6.45, 7) is 4.83. The lowest BCUT2D eigenvalue weighted by molar-refractivity contribution is -0.137. The van der Waals surface area contributed by atoms with Crippen molar-refractivity contribution in [2.24, 2.45) is 5.92 Å². The van der Waals surface area contributed by atoms with Gasteiger partial charge in [-0.1, -0.05) is 36.8 Å². The minimum atomic E-state index is -0.346. The van der Waals surface area contributed by atoms with E-state index in [1.165, 1.54) is 19.4 Å². The molecule has 2 aromatic rings. The Morgan fingerprint density at radius 2 is 1.71 bits per heavy atom. The number of pyridine rings is 1. The van der Waals surface area contributed by atoms with Crippen LogP contribution < -0.4 is 4.74 Å². The van der Waals surface area contributed by atoms with Crippen LogP contribution in [-0.2, 0) is 14.3 Å². The molecule has 0 N–H and O–H groups in total. The van der Waals surface area contributed by atoms with E-state index in [0.717, 1.165) is 17.7 Å². The summed E-state index contributed by atoms with van der Waals surface area (Å²) in [6.07, 6.45) is 6.42. The van der Waals surface area contributed by atoms with Crippen LogP contribution >= 0.6 is 0 Å². The molecule has 0 fully saturated rings. The molecule has 3 rings (SSSR count). The molecule has 0 spiro atoms. The van der Waals surface area contributed by atoms with Crippen molar-refractivity contribution in [1.82, 2.24) is 4.98 Å². The van der Waals surface area contributed by atoms with Gasteiger partial charge in [0.2, 0.25) is 0 Å². The highest BCUT2D eigenvalue weighted by Gasteiger charge is 2.26. The lowest BCUT2D eigenvalue weighted by Gasteiger charge is -2.27. The zero-order valence-electron chi connectivity index (χ0n) is 16.2. The van der Waals surface area contributed by atoms with E-state index in [9.17, 15) is 9.59 Å². The molecule has 1 heterocycles. The minimum Gasteiger partial charge on any atom is -0.431 e. The first-order chi connectivity index (χ1) is 13.4. The van der Waals surface area contributed by atoms with E-state index >= 15 is 0 Å². The lowest BCUT2D eigenvalue weighted by atomic mass is 9.80. The maximum Gasteiger partial charge on any atom is 0.308 e. The zero-order chi connectivity index (χ0) is 20.1. The molecule has 1 aromatic carbocycles. The van der Waals surface area contributed by atoms with Crippen LogP contribution in [0, 0.1) is 5.92 Å². The quantitative estimate of drug-likeness (QED) is 0.565. The molecule has 2 unspecified atom stereocenters. The monoisotopic (exact) mass is 377 g/mol. The van der Waals surface area contributed by atoms with Gasteiger partial charge in [-0.15, -0.1) is 0 Å². The van der Waals surface area contributed by atoms with Crippen molar-refractivity contribution >= 4 is 11.9 Å². The predicted octanol–water partition coefficient (Wildman–Crippen LogP) is 4.55. The summed E-state index contributed by atoms with van der Waals surface area (Å²) >= 11 is 0. The largest absolute Gasteiger partial charge is 0.431 e. The van der Waals surface area contributed by atoms with E-state index in [4.69, 9.17) is 9.47 Å². The number of carbonyl (C=O) groups excluding carboxylic acids is 2. The van der Waals surface area contributed by atoms with Crippen molar-refractivity contribution in [3.8, 4) is 5.75 Å². The summed E-state index contributed by atoms with van der Waals surface area (Å²) in [6, 6.07) is 13.3. The topological polar surface area (TPSA) is 65.5 Å². The summed E-state index contributed by atoms with van der Waals surface area (Å²) in [5.74, 6) is 0.596. The Balaban J connectivity index is 1.97. The Morgan fingerprint density at radius 1 is 1.00 bits per heavy atom. The molecule has 0 bridgehead atoms. The van der Waals surface area contributed by atoms with E-state index in [2.05, 4.69) is 4.98 Å². The second-order valence-electron chi connectivity index (χ2n) is 6.86. The molecule has 1 aliphatic rings. The first-order valence-electron chi connectivity index (χ1n) is 9.22. The molecule has 0 saturated carbocycles. The van der Waals surface area contributed by atoms with Crippen LogP contribution in [0.15, 0.2) is 72.1 Å². The molecular weight excluding hydrogens is 354 g/mol. The molecule has 0 saturated heterocycles. The molecule has 0 radical (unpaired) electrons. The first kappa shape index (κ1) is 19.5. The van der Waals surface area contributed by atoms with Crippen LogP contribution in [0.5, 0.6) is 5.75 Å². The Kier molecular flexibility index (Phi) is 6.04. The van der Waals surface area contributed by atoms with Crippen LogP contribution in [0.3, 0.4) is 0 Å². The number of carbonyl (C=O) groups is 2. The van der Waals surface area contributed by atoms with Gasteiger partial charge in [-0.25, -0.2) is 0 Å². The van der Waals surface area contributed by atoms with Crippen molar-refractivity contribution in [3.05, 3.63) is 83.4 Å². The standard InChI is InChI=1S/C23H23NO4/c1-15-14-19(9-12-22(15)28-17(3)26)23(21-6-4-5-13-24-21)18-7-10-20(11-8-18)27-16(2)25/h4-13,15,23H,14H2,1-3H3. The second kappa shape index (κ2) is 8.65. The summed E-state index contributed by atoms with van der Waals surface area (Å²) < 4.78 is 10.5. The first-order valence-corrected chi connectivity index (χ1v) is 9.22. The van der Waals surface area contributed by atoms with Gasteiger partial charge in [0, 0.05) is 31.9 Å². The molecule has 28 heavy (non-hydrogen) atoms. The van der Waals surface area contributed by atoms with Gasteiger partial charge in [-0.3, -0.25) is 14.6 Å². The molecule has 1 aliphatic carbocycles. The van der Waals surface area contributed by atoms with Crippen LogP contribution in [0.1, 0.15) is 44.4 Å². The Bertz CT molecular complexity index is 913. The van der Waals surface area contributed by atoms with E-state index in [-0.39, 0.29) is 23.8 Å². The number of ether oxygens (including phenoxy) is 2. The van der Waals surface area contributed by atoms with Gasteiger partial charge < -0.3 is 9.47 Å². The third-order valence-electron chi connectivity index (χ3n) is 4.58. The van der Waals surface area contributed by atoms with E-state index in [0.29, 0.717) is 11.5 Å². The number of rotatable bonds is 5. The average molecular weight is 377 g/mol. The highest BCUT2D eigenvalue weighted by molar-refractivity contribution is 5.69. The fourth-order valence-corrected chi connectivity index (χ4v) is 3.41. The summed E-state index contributed by atoms with van der Waals surface area (Å²) in [4.78, 5) is 27.0. The van der Waals surface area contributed by atoms with Gasteiger partial charge in [0.25, 0.3) is 0 Å². The van der Waals surface area contributed by atoms with Crippen LogP contribution in [0.4, 0.5) is 0 Å². The van der Waals surface area contributed by atoms with Crippen molar-refractivity contribution in [3.63, 3.8) is 0 Å². The van der Waals surface area contributed by atoms with Crippen molar-refractivity contribution in [1.29, 1.82) is 0 Å². The minimum absolute atomic E-state index is 0.0369. The average Bonchev–Trinajstić information content (AvgIpc) is 2.66. The number of esters is 2. The van der Waals surface area contributed by atoms with Gasteiger partial charge in [0.15, 0.2) is 0 Å². The van der Waals surface area contributed by atoms with Gasteiger partial charge in [-0.2, -0.15) is 0 Å². The molecule has 144 valence electrons. The number of hydrogen-bond acceptors (Lipinski definition) is 5. The third kappa shape index (κ3) is 4.74. The maximum atomic E-state index is 11.3. The summed E-state index contributed by atoms with van der Waals surface area (Å²) in [7, 11) is 0. The molecule has 2 atom stereocenters. The number of hydrogen-bond donors (Lipinski definition) is 0. The highest BCUT2D eigenvalue weighted by atomic mass is 16.5. The maximum absolute atomic E-state index is 11.3. The molecule has 0 amide bonds. The summed E-state index contributed by atoms with van der Waals surface area (Å²) in [5, 5.41) is 0. The van der Waals surface area contributed by atoms with E-state index in [1.54, 1.807) is 18.3 Å². The van der Waals surface area contributed by atoms with Crippen molar-refractivity contribution in [2.45, 2.75) is 33.1 Å². The number of nitrogens with zero attached hydrogens (tertiary/aromatic N) is 1. The fourth-order valence-electron chi connectivity index (χ4n) is 3.41. The van der Waals surface area contributed by atoms with Gasteiger partial charge in [-0.05, 0) is 42.3 Å². The predicted molar refractivity (Wildman–Crippen MR) is 106 cm³/mol. The number of benzene rings is 1. The molecule has 5 heteroatoms. The van der Waals surface area contributed by atoms with Crippen LogP contribution in [-0.4, -0.2) is 16.9 Å². The molecule has 5 nitrogen and oxygen atoms in total. The smallest absolute Gasteiger partial charge is 0.308 e. The number of aromatic nitrogens is 1. The SMILES string of the molecule is CC(=O)OC1=CC=C(C(c2ccc(OC(C)=O)cc2)c2ccccn2)CC1C.